The molecule has 1 saturated carbocycles. The number of rotatable bonds is 5. The van der Waals surface area contributed by atoms with Crippen LogP contribution in [0.1, 0.15) is 56.3 Å². The Kier molecular flexibility index (Phi) is 3.67. The minimum Gasteiger partial charge on any atom is -0.326 e. The van der Waals surface area contributed by atoms with E-state index in [0.717, 1.165) is 23.4 Å². The summed E-state index contributed by atoms with van der Waals surface area (Å²) in [6.07, 6.45) is 5.03. The van der Waals surface area contributed by atoms with Gasteiger partial charge in [-0.3, -0.25) is 0 Å². The third kappa shape index (κ3) is 2.53. The van der Waals surface area contributed by atoms with E-state index in [-0.39, 0.29) is 5.38 Å². The van der Waals surface area contributed by atoms with Crippen LogP contribution < -0.4 is 0 Å². The summed E-state index contributed by atoms with van der Waals surface area (Å²) in [7, 11) is 0. The molecular weight excluding hydrogens is 282 g/mol. The summed E-state index contributed by atoms with van der Waals surface area (Å²) in [6.45, 7) is 5.16. The standard InChI is InChI=1S/C17H20ClN3/c1-3-7-17(8-9-17)11-21-14-6-4-5-13(10-19)15(14)20-16(21)12(2)18/h4-6,12H,3,7-9,11H2,1-2H3. The molecule has 0 aliphatic heterocycles. The van der Waals surface area contributed by atoms with Gasteiger partial charge in [0, 0.05) is 6.54 Å². The molecule has 1 aromatic heterocycles. The van der Waals surface area contributed by atoms with E-state index < -0.39 is 0 Å². The first-order valence-corrected chi connectivity index (χ1v) is 8.07. The molecule has 3 nitrogen and oxygen atoms in total. The van der Waals surface area contributed by atoms with Gasteiger partial charge in [-0.25, -0.2) is 4.98 Å². The van der Waals surface area contributed by atoms with Crippen LogP contribution in [-0.2, 0) is 6.54 Å². The fourth-order valence-electron chi connectivity index (χ4n) is 3.25. The van der Waals surface area contributed by atoms with Crippen LogP contribution >= 0.6 is 11.6 Å². The maximum absolute atomic E-state index is 9.27. The first-order chi connectivity index (χ1) is 10.1. The van der Waals surface area contributed by atoms with Crippen molar-refractivity contribution in [1.82, 2.24) is 9.55 Å². The van der Waals surface area contributed by atoms with Crippen molar-refractivity contribution in [3.63, 3.8) is 0 Å². The zero-order valence-corrected chi connectivity index (χ0v) is 13.3. The number of hydrogen-bond donors (Lipinski definition) is 0. The normalized spacial score (nSPS) is 17.6. The molecule has 0 spiro atoms. The summed E-state index contributed by atoms with van der Waals surface area (Å²) < 4.78 is 2.25. The highest BCUT2D eigenvalue weighted by Crippen LogP contribution is 2.51. The molecule has 3 rings (SSSR count). The molecule has 4 heteroatoms. The van der Waals surface area contributed by atoms with Crippen molar-refractivity contribution in [1.29, 1.82) is 5.26 Å². The largest absolute Gasteiger partial charge is 0.326 e. The van der Waals surface area contributed by atoms with Crippen molar-refractivity contribution < 1.29 is 0 Å². The monoisotopic (exact) mass is 301 g/mol. The predicted octanol–water partition coefficient (Wildman–Crippen LogP) is 4.79. The molecule has 1 fully saturated rings. The Morgan fingerprint density at radius 1 is 1.48 bits per heavy atom. The predicted molar refractivity (Wildman–Crippen MR) is 85.3 cm³/mol. The number of para-hydroxylation sites is 1. The van der Waals surface area contributed by atoms with Gasteiger partial charge in [0.25, 0.3) is 0 Å². The number of nitriles is 1. The fraction of sp³-hybridized carbons (Fsp3) is 0.529. The van der Waals surface area contributed by atoms with Crippen LogP contribution in [0.25, 0.3) is 11.0 Å². The van der Waals surface area contributed by atoms with Gasteiger partial charge in [-0.15, -0.1) is 11.6 Å². The van der Waals surface area contributed by atoms with Crippen molar-refractivity contribution >= 4 is 22.6 Å². The number of aromatic nitrogens is 2. The van der Waals surface area contributed by atoms with Gasteiger partial charge < -0.3 is 4.57 Å². The second-order valence-corrected chi connectivity index (χ2v) is 6.86. The number of benzene rings is 1. The molecule has 1 unspecified atom stereocenters. The smallest absolute Gasteiger partial charge is 0.127 e. The maximum Gasteiger partial charge on any atom is 0.127 e. The summed E-state index contributed by atoms with van der Waals surface area (Å²) in [6, 6.07) is 8.04. The lowest BCUT2D eigenvalue weighted by atomic mass is 10.0. The van der Waals surface area contributed by atoms with Crippen molar-refractivity contribution in [2.75, 3.05) is 0 Å². The molecular formula is C17H20ClN3. The van der Waals surface area contributed by atoms with Gasteiger partial charge in [0.2, 0.25) is 0 Å². The molecule has 1 atom stereocenters. The average molecular weight is 302 g/mol. The molecule has 1 aromatic carbocycles. The molecule has 0 radical (unpaired) electrons. The van der Waals surface area contributed by atoms with E-state index in [4.69, 9.17) is 11.6 Å². The highest BCUT2D eigenvalue weighted by Gasteiger charge is 2.42. The summed E-state index contributed by atoms with van der Waals surface area (Å²) >= 11 is 6.34. The number of hydrogen-bond acceptors (Lipinski definition) is 2. The lowest BCUT2D eigenvalue weighted by molar-refractivity contribution is 0.387. The lowest BCUT2D eigenvalue weighted by Gasteiger charge is -2.18. The van der Waals surface area contributed by atoms with E-state index in [0.29, 0.717) is 11.0 Å². The zero-order chi connectivity index (χ0) is 15.0. The van der Waals surface area contributed by atoms with Crippen LogP contribution in [-0.4, -0.2) is 9.55 Å². The molecule has 0 bridgehead atoms. The second-order valence-electron chi connectivity index (χ2n) is 6.21. The van der Waals surface area contributed by atoms with E-state index >= 15 is 0 Å². The number of fused-ring (bicyclic) bond motifs is 1. The zero-order valence-electron chi connectivity index (χ0n) is 12.6. The van der Waals surface area contributed by atoms with E-state index in [9.17, 15) is 5.26 Å². The Labute approximate surface area is 130 Å². The summed E-state index contributed by atoms with van der Waals surface area (Å²) in [5, 5.41) is 9.12. The molecule has 21 heavy (non-hydrogen) atoms. The van der Waals surface area contributed by atoms with E-state index in [1.165, 1.54) is 25.7 Å². The van der Waals surface area contributed by atoms with Gasteiger partial charge >= 0.3 is 0 Å². The summed E-state index contributed by atoms with van der Waals surface area (Å²) in [5.41, 5.74) is 2.88. The first-order valence-electron chi connectivity index (χ1n) is 7.63. The Morgan fingerprint density at radius 3 is 2.81 bits per heavy atom. The van der Waals surface area contributed by atoms with Crippen molar-refractivity contribution in [2.45, 2.75) is 51.5 Å². The van der Waals surface area contributed by atoms with Crippen molar-refractivity contribution in [3.8, 4) is 6.07 Å². The summed E-state index contributed by atoms with van der Waals surface area (Å²) in [5.74, 6) is 0.886. The van der Waals surface area contributed by atoms with Crippen LogP contribution in [0, 0.1) is 16.7 Å². The van der Waals surface area contributed by atoms with E-state index in [2.05, 4.69) is 22.5 Å². The fourth-order valence-corrected chi connectivity index (χ4v) is 3.42. The van der Waals surface area contributed by atoms with Crippen LogP contribution in [0.5, 0.6) is 0 Å². The molecule has 0 amide bonds. The lowest BCUT2D eigenvalue weighted by Crippen LogP contribution is -2.14. The highest BCUT2D eigenvalue weighted by atomic mass is 35.5. The number of nitrogens with zero attached hydrogens (tertiary/aromatic N) is 3. The maximum atomic E-state index is 9.27. The third-order valence-corrected chi connectivity index (χ3v) is 4.71. The number of alkyl halides is 1. The third-order valence-electron chi connectivity index (χ3n) is 4.52. The van der Waals surface area contributed by atoms with E-state index in [1.54, 1.807) is 0 Å². The minimum atomic E-state index is -0.152. The number of halogens is 1. The average Bonchev–Trinajstić information content (AvgIpc) is 3.12. The molecule has 1 aliphatic rings. The molecule has 0 saturated heterocycles. The second kappa shape index (κ2) is 5.35. The first kappa shape index (κ1) is 14.4. The molecule has 1 heterocycles. The molecule has 0 N–H and O–H groups in total. The number of imidazole rings is 1. The van der Waals surface area contributed by atoms with Crippen LogP contribution in [0.2, 0.25) is 0 Å². The summed E-state index contributed by atoms with van der Waals surface area (Å²) in [4.78, 5) is 4.66. The van der Waals surface area contributed by atoms with Gasteiger partial charge in [-0.05, 0) is 43.7 Å². The molecule has 110 valence electrons. The Morgan fingerprint density at radius 2 is 2.24 bits per heavy atom. The SMILES string of the molecule is CCCC1(Cn2c(C(C)Cl)nc3c(C#N)cccc32)CC1. The van der Waals surface area contributed by atoms with Crippen LogP contribution in [0.15, 0.2) is 18.2 Å². The van der Waals surface area contributed by atoms with E-state index in [1.807, 2.05) is 25.1 Å². The molecule has 1 aliphatic carbocycles. The van der Waals surface area contributed by atoms with Gasteiger partial charge in [0.1, 0.15) is 17.4 Å². The molecule has 2 aromatic rings. The quantitative estimate of drug-likeness (QED) is 0.745. The minimum absolute atomic E-state index is 0.152. The van der Waals surface area contributed by atoms with Gasteiger partial charge in [0.15, 0.2) is 0 Å². The van der Waals surface area contributed by atoms with Crippen LogP contribution in [0.4, 0.5) is 0 Å². The highest BCUT2D eigenvalue weighted by molar-refractivity contribution is 6.20. The topological polar surface area (TPSA) is 41.6 Å². The van der Waals surface area contributed by atoms with Gasteiger partial charge in [0.05, 0.1) is 16.5 Å². The Balaban J connectivity index is 2.11. The van der Waals surface area contributed by atoms with Crippen LogP contribution in [0.3, 0.4) is 0 Å². The Hall–Kier alpha value is -1.53. The van der Waals surface area contributed by atoms with Crippen molar-refractivity contribution in [2.24, 2.45) is 5.41 Å². The Bertz CT molecular complexity index is 705. The van der Waals surface area contributed by atoms with Gasteiger partial charge in [-0.1, -0.05) is 19.4 Å². The van der Waals surface area contributed by atoms with Crippen molar-refractivity contribution in [3.05, 3.63) is 29.6 Å². The van der Waals surface area contributed by atoms with Gasteiger partial charge in [-0.2, -0.15) is 5.26 Å².